The van der Waals surface area contributed by atoms with Gasteiger partial charge in [0.1, 0.15) is 23.7 Å². The number of hydrogen-bond acceptors (Lipinski definition) is 11. The predicted octanol–water partition coefficient (Wildman–Crippen LogP) is 5.64. The van der Waals surface area contributed by atoms with Crippen LogP contribution in [0.15, 0.2) is 73.1 Å². The van der Waals surface area contributed by atoms with Gasteiger partial charge in [-0.1, -0.05) is 24.3 Å². The van der Waals surface area contributed by atoms with Crippen molar-refractivity contribution in [3.05, 3.63) is 89.7 Å². The van der Waals surface area contributed by atoms with Crippen molar-refractivity contribution in [2.75, 3.05) is 68.0 Å². The Morgan fingerprint density at radius 3 is 2.54 bits per heavy atom. The number of aromatic hydroxyl groups is 1. The van der Waals surface area contributed by atoms with Gasteiger partial charge in [-0.25, -0.2) is 14.2 Å². The van der Waals surface area contributed by atoms with Crippen molar-refractivity contribution in [1.29, 1.82) is 0 Å². The van der Waals surface area contributed by atoms with Crippen molar-refractivity contribution in [1.82, 2.24) is 34.9 Å². The number of rotatable bonds is 8. The highest BCUT2D eigenvalue weighted by molar-refractivity contribution is 6.06. The molecule has 0 unspecified atom stereocenters. The molecule has 4 aliphatic heterocycles. The van der Waals surface area contributed by atoms with E-state index in [9.17, 15) is 19.5 Å². The molecule has 0 spiro atoms. The summed E-state index contributed by atoms with van der Waals surface area (Å²) in [5.74, 6) is 0.505. The number of anilines is 3. The van der Waals surface area contributed by atoms with Crippen molar-refractivity contribution in [3.63, 3.8) is 0 Å². The van der Waals surface area contributed by atoms with Crippen LogP contribution in [0.5, 0.6) is 5.75 Å². The number of morpholine rings is 1. The quantitative estimate of drug-likeness (QED) is 0.177. The van der Waals surface area contributed by atoms with E-state index in [1.807, 2.05) is 65.1 Å². The minimum Gasteiger partial charge on any atom is -0.507 e. The Labute approximate surface area is 353 Å². The number of halogens is 1. The van der Waals surface area contributed by atoms with Crippen molar-refractivity contribution >= 4 is 46.1 Å². The fraction of sp³-hybridized carbons (Fsp3) is 0.422. The maximum atomic E-state index is 16.0. The van der Waals surface area contributed by atoms with Gasteiger partial charge >= 0.3 is 6.03 Å². The number of phenolic OH excluding ortho intramolecular Hbond substituents is 1. The monoisotopic (exact) mass is 830 g/mol. The summed E-state index contributed by atoms with van der Waals surface area (Å²) in [4.78, 5) is 50.2. The third-order valence-electron chi connectivity index (χ3n) is 12.8. The van der Waals surface area contributed by atoms with E-state index in [0.717, 1.165) is 48.1 Å². The first-order valence-corrected chi connectivity index (χ1v) is 21.1. The van der Waals surface area contributed by atoms with Crippen molar-refractivity contribution in [2.24, 2.45) is 5.92 Å². The topological polar surface area (TPSA) is 175 Å². The van der Waals surface area contributed by atoms with Crippen molar-refractivity contribution in [2.45, 2.75) is 63.9 Å². The first-order valence-electron chi connectivity index (χ1n) is 21.1. The third-order valence-corrected chi connectivity index (χ3v) is 12.8. The zero-order valence-electron chi connectivity index (χ0n) is 34.4. The number of nitrogens with zero attached hydrogens (tertiary/aromatic N) is 8. The molecular formula is C45H51FN10O5. The van der Waals surface area contributed by atoms with Crippen molar-refractivity contribution in [3.8, 4) is 17.0 Å². The Balaban J connectivity index is 0.772. The normalized spacial score (nSPS) is 23.1. The largest absolute Gasteiger partial charge is 0.507 e. The summed E-state index contributed by atoms with van der Waals surface area (Å²) in [7, 11) is 0. The first-order chi connectivity index (χ1) is 29.5. The number of aromatic nitrogens is 4. The number of nitrogens with two attached hydrogens (primary N) is 1. The number of nitrogens with one attached hydrogen (secondary N) is 1. The van der Waals surface area contributed by atoms with Crippen LogP contribution >= 0.6 is 0 Å². The molecular weight excluding hydrogens is 780 g/mol. The van der Waals surface area contributed by atoms with Gasteiger partial charge < -0.3 is 34.8 Å². The highest BCUT2D eigenvalue weighted by Gasteiger charge is 2.35. The van der Waals surface area contributed by atoms with Crippen LogP contribution in [-0.2, 0) is 9.53 Å². The summed E-state index contributed by atoms with van der Waals surface area (Å²) in [5, 5.41) is 22.1. The number of likely N-dealkylation sites (tertiary alicyclic amines) is 2. The van der Waals surface area contributed by atoms with Crippen LogP contribution in [0.3, 0.4) is 0 Å². The maximum absolute atomic E-state index is 16.0. The molecule has 4 N–H and O–H groups in total. The van der Waals surface area contributed by atoms with E-state index in [1.165, 1.54) is 4.90 Å². The van der Waals surface area contributed by atoms with E-state index in [2.05, 4.69) is 37.2 Å². The van der Waals surface area contributed by atoms with E-state index in [4.69, 9.17) is 10.5 Å². The summed E-state index contributed by atoms with van der Waals surface area (Å²) in [5.41, 5.74) is 12.0. The number of carbonyl (C=O) groups is 3. The molecule has 0 radical (unpaired) electrons. The molecule has 0 bridgehead atoms. The lowest BCUT2D eigenvalue weighted by Crippen LogP contribution is -2.49. The Morgan fingerprint density at radius 1 is 1.00 bits per heavy atom. The lowest BCUT2D eigenvalue weighted by atomic mass is 9.93. The van der Waals surface area contributed by atoms with Gasteiger partial charge in [-0.2, -0.15) is 0 Å². The zero-order valence-corrected chi connectivity index (χ0v) is 34.4. The Morgan fingerprint density at radius 2 is 1.79 bits per heavy atom. The second-order valence-corrected chi connectivity index (χ2v) is 16.9. The number of ether oxygens (including phenoxy) is 1. The minimum absolute atomic E-state index is 0.00560. The van der Waals surface area contributed by atoms with E-state index in [-0.39, 0.29) is 48.7 Å². The van der Waals surface area contributed by atoms with Crippen LogP contribution in [0.2, 0.25) is 0 Å². The van der Waals surface area contributed by atoms with E-state index in [1.54, 1.807) is 24.4 Å². The molecule has 9 rings (SSSR count). The Hall–Kier alpha value is -6.13. The molecule has 4 aliphatic rings. The number of phenols is 1. The van der Waals surface area contributed by atoms with Gasteiger partial charge in [-0.05, 0) is 86.6 Å². The van der Waals surface area contributed by atoms with Crippen LogP contribution in [0.4, 0.5) is 26.4 Å². The van der Waals surface area contributed by atoms with Gasteiger partial charge in [-0.15, -0.1) is 10.2 Å². The van der Waals surface area contributed by atoms with Gasteiger partial charge in [0.15, 0.2) is 5.82 Å². The number of imide groups is 1. The molecule has 61 heavy (non-hydrogen) atoms. The number of nitrogen functional groups attached to an aromatic ring is 1. The van der Waals surface area contributed by atoms with Crippen LogP contribution in [-0.4, -0.2) is 117 Å². The molecule has 4 atom stereocenters. The molecule has 15 nitrogen and oxygen atoms in total. The number of fused-ring (bicyclic) bond motifs is 1. The van der Waals surface area contributed by atoms with Gasteiger partial charge in [0, 0.05) is 81.0 Å². The standard InChI is InChI=1S/C45H51FN10O5/c1-27-22-56(43-34(27)19-32(21-48-43)54-18-14-41(58)49-45(54)60)37-13-15-52(24-35(37)46)23-29-11-16-53(17-12-29)44(59)31-9-7-30(8-10-31)40-25-55(28(2)26-61-40)38-20-36(50-51-42(38)47)33-5-3-4-6-39(33)57/h3-10,19-22,28-29,35,37,40,57H,11-18,23-26H2,1-2H3,(H2,47,51)(H,49,58,60)/t28-,35+,37-,40+/m1/s1. The molecule has 2 aromatic carbocycles. The Kier molecular flexibility index (Phi) is 11.0. The highest BCUT2D eigenvalue weighted by atomic mass is 19.1. The molecule has 16 heteroatoms. The second-order valence-electron chi connectivity index (χ2n) is 16.9. The molecule has 4 saturated heterocycles. The summed E-state index contributed by atoms with van der Waals surface area (Å²) in [6, 6.07) is 17.6. The highest BCUT2D eigenvalue weighted by Crippen LogP contribution is 2.37. The second kappa shape index (κ2) is 16.7. The molecule has 318 valence electrons. The summed E-state index contributed by atoms with van der Waals surface area (Å²) < 4.78 is 24.2. The number of amides is 4. The molecule has 0 aliphatic carbocycles. The summed E-state index contributed by atoms with van der Waals surface area (Å²) in [6.45, 7) is 8.52. The van der Waals surface area contributed by atoms with Gasteiger partial charge in [0.25, 0.3) is 5.91 Å². The van der Waals surface area contributed by atoms with Gasteiger partial charge in [-0.3, -0.25) is 19.8 Å². The van der Waals surface area contributed by atoms with Gasteiger partial charge in [0.05, 0.1) is 35.9 Å². The average molecular weight is 831 g/mol. The number of hydrogen-bond donors (Lipinski definition) is 3. The lowest BCUT2D eigenvalue weighted by molar-refractivity contribution is -0.120. The Bertz CT molecular complexity index is 2450. The number of alkyl halides is 1. The molecule has 7 heterocycles. The number of benzene rings is 2. The molecule has 3 aromatic heterocycles. The number of urea groups is 1. The number of para-hydroxylation sites is 1. The number of carbonyl (C=O) groups excluding carboxylic acids is 3. The summed E-state index contributed by atoms with van der Waals surface area (Å²) in [6.07, 6.45) is 4.85. The lowest BCUT2D eigenvalue weighted by Gasteiger charge is -2.40. The molecule has 4 amide bonds. The van der Waals surface area contributed by atoms with Crippen LogP contribution in [0.25, 0.3) is 22.3 Å². The first kappa shape index (κ1) is 40.3. The maximum Gasteiger partial charge on any atom is 0.328 e. The van der Waals surface area contributed by atoms with Gasteiger partial charge in [0.2, 0.25) is 5.91 Å². The molecule has 4 fully saturated rings. The van der Waals surface area contributed by atoms with Crippen molar-refractivity contribution < 1.29 is 28.6 Å². The van der Waals surface area contributed by atoms with E-state index in [0.29, 0.717) is 79.1 Å². The number of piperidine rings is 2. The van der Waals surface area contributed by atoms with Crippen LogP contribution < -0.4 is 20.9 Å². The fourth-order valence-electron chi connectivity index (χ4n) is 9.37. The summed E-state index contributed by atoms with van der Waals surface area (Å²) >= 11 is 0. The third kappa shape index (κ3) is 8.09. The zero-order chi connectivity index (χ0) is 42.4. The van der Waals surface area contributed by atoms with Crippen LogP contribution in [0, 0.1) is 12.8 Å². The molecule has 0 saturated carbocycles. The number of pyridine rings is 1. The SMILES string of the molecule is Cc1cn([C@@H]2CCN(CC3CCN(C(=O)c4ccc([C@@H]5CN(c6cc(-c7ccccc7O)nnc6N)[C@H](C)CO5)cc4)CC3)C[C@@H]2F)c2ncc(N3CCC(=O)NC3=O)cc12. The average Bonchev–Trinajstić information content (AvgIpc) is 3.59. The smallest absolute Gasteiger partial charge is 0.328 e. The molecule has 5 aromatic rings. The van der Waals surface area contributed by atoms with Crippen LogP contribution in [0.1, 0.15) is 66.2 Å². The minimum atomic E-state index is -1.08. The number of aryl methyl sites for hydroxylation is 1. The fourth-order valence-corrected chi connectivity index (χ4v) is 9.37. The van der Waals surface area contributed by atoms with E-state index >= 15 is 4.39 Å². The predicted molar refractivity (Wildman–Crippen MR) is 229 cm³/mol. The van der Waals surface area contributed by atoms with E-state index < -0.39 is 12.2 Å².